The summed E-state index contributed by atoms with van der Waals surface area (Å²) in [5.41, 5.74) is 0.978. The molecule has 2 rings (SSSR count). The van der Waals surface area contributed by atoms with Crippen molar-refractivity contribution < 1.29 is 14.6 Å². The highest BCUT2D eigenvalue weighted by atomic mass is 16.5. The van der Waals surface area contributed by atoms with Crippen LogP contribution < -0.4 is 4.74 Å². The van der Waals surface area contributed by atoms with Crippen LogP contribution in [0.2, 0.25) is 0 Å². The molecule has 2 unspecified atom stereocenters. The van der Waals surface area contributed by atoms with Gasteiger partial charge in [0, 0.05) is 18.5 Å². The van der Waals surface area contributed by atoms with Crippen LogP contribution in [0.1, 0.15) is 37.8 Å². The fourth-order valence-corrected chi connectivity index (χ4v) is 2.62. The van der Waals surface area contributed by atoms with E-state index in [4.69, 9.17) is 4.74 Å². The van der Waals surface area contributed by atoms with Crippen LogP contribution in [0.15, 0.2) is 24.3 Å². The monoisotopic (exact) mass is 263 g/mol. The zero-order chi connectivity index (χ0) is 13.8. The normalized spacial score (nSPS) is 22.9. The number of rotatable bonds is 5. The van der Waals surface area contributed by atoms with Gasteiger partial charge in [-0.25, -0.2) is 0 Å². The van der Waals surface area contributed by atoms with Crippen LogP contribution in [0, 0.1) is 0 Å². The third-order valence-corrected chi connectivity index (χ3v) is 3.64. The number of hydrogen-bond donors (Lipinski definition) is 1. The van der Waals surface area contributed by atoms with Gasteiger partial charge in [0.1, 0.15) is 11.9 Å². The van der Waals surface area contributed by atoms with Crippen LogP contribution in [0.3, 0.4) is 0 Å². The summed E-state index contributed by atoms with van der Waals surface area (Å²) in [5, 5.41) is 9.83. The summed E-state index contributed by atoms with van der Waals surface area (Å²) in [6.07, 6.45) is 1.54. The van der Waals surface area contributed by atoms with Crippen LogP contribution in [-0.2, 0) is 4.79 Å². The Balaban J connectivity index is 2.28. The van der Waals surface area contributed by atoms with E-state index in [0.717, 1.165) is 24.2 Å². The molecule has 0 aliphatic carbocycles. The summed E-state index contributed by atoms with van der Waals surface area (Å²) in [5.74, 6) is 0.611. The van der Waals surface area contributed by atoms with E-state index in [0.29, 0.717) is 13.0 Å². The van der Waals surface area contributed by atoms with Crippen LogP contribution in [0.5, 0.6) is 5.75 Å². The number of ether oxygens (including phenoxy) is 1. The van der Waals surface area contributed by atoms with Crippen molar-refractivity contribution in [1.82, 2.24) is 4.90 Å². The van der Waals surface area contributed by atoms with Gasteiger partial charge in [-0.3, -0.25) is 4.79 Å². The third kappa shape index (κ3) is 2.73. The second-order valence-corrected chi connectivity index (χ2v) is 4.89. The summed E-state index contributed by atoms with van der Waals surface area (Å²) in [6.45, 7) is 2.78. The Morgan fingerprint density at radius 3 is 2.84 bits per heavy atom. The molecule has 1 heterocycles. The highest BCUT2D eigenvalue weighted by Crippen LogP contribution is 2.37. The summed E-state index contributed by atoms with van der Waals surface area (Å²) < 4.78 is 5.36. The molecule has 1 saturated heterocycles. The number of aliphatic hydroxyl groups is 1. The summed E-state index contributed by atoms with van der Waals surface area (Å²) in [4.78, 5) is 13.8. The predicted octanol–water partition coefficient (Wildman–Crippen LogP) is 2.13. The van der Waals surface area contributed by atoms with Gasteiger partial charge in [0.15, 0.2) is 0 Å². The average molecular weight is 263 g/mol. The number of aliphatic hydroxyl groups excluding tert-OH is 1. The average Bonchev–Trinajstić information content (AvgIpc) is 2.72. The largest absolute Gasteiger partial charge is 0.496 e. The molecular formula is C15H21NO3. The lowest BCUT2D eigenvalue weighted by molar-refractivity contribution is -0.135. The topological polar surface area (TPSA) is 49.8 Å². The Labute approximate surface area is 114 Å². The molecule has 0 aromatic heterocycles. The lowest BCUT2D eigenvalue weighted by Crippen LogP contribution is -2.32. The Hall–Kier alpha value is -1.55. The van der Waals surface area contributed by atoms with E-state index < -0.39 is 6.10 Å². The van der Waals surface area contributed by atoms with Gasteiger partial charge >= 0.3 is 0 Å². The summed E-state index contributed by atoms with van der Waals surface area (Å²) >= 11 is 0. The van der Waals surface area contributed by atoms with Crippen LogP contribution >= 0.6 is 0 Å². The van der Waals surface area contributed by atoms with Crippen LogP contribution in [-0.4, -0.2) is 35.7 Å². The molecule has 1 aliphatic rings. The van der Waals surface area contributed by atoms with Crippen molar-refractivity contribution in [2.24, 2.45) is 0 Å². The number of benzene rings is 1. The standard InChI is InChI=1S/C15H21NO3/c1-3-4-9-16-12(10-13(17)15(16)18)11-7-5-6-8-14(11)19-2/h5-8,12-13,17H,3-4,9-10H2,1-2H3. The molecule has 4 nitrogen and oxygen atoms in total. The molecule has 0 spiro atoms. The predicted molar refractivity (Wildman–Crippen MR) is 73.0 cm³/mol. The zero-order valence-electron chi connectivity index (χ0n) is 11.5. The van der Waals surface area contributed by atoms with Crippen LogP contribution in [0.4, 0.5) is 0 Å². The molecule has 19 heavy (non-hydrogen) atoms. The smallest absolute Gasteiger partial charge is 0.252 e. The van der Waals surface area contributed by atoms with Crippen molar-refractivity contribution in [1.29, 1.82) is 0 Å². The minimum Gasteiger partial charge on any atom is -0.496 e. The highest BCUT2D eigenvalue weighted by Gasteiger charge is 2.39. The Kier molecular flexibility index (Phi) is 4.43. The van der Waals surface area contributed by atoms with Gasteiger partial charge in [-0.15, -0.1) is 0 Å². The molecule has 1 fully saturated rings. The Morgan fingerprint density at radius 2 is 2.16 bits per heavy atom. The van der Waals surface area contributed by atoms with Gasteiger partial charge < -0.3 is 14.7 Å². The molecule has 1 aromatic rings. The van der Waals surface area contributed by atoms with E-state index in [1.165, 1.54) is 0 Å². The van der Waals surface area contributed by atoms with Crippen molar-refractivity contribution in [2.45, 2.75) is 38.3 Å². The number of carbonyl (C=O) groups is 1. The van der Waals surface area contributed by atoms with Gasteiger partial charge in [0.05, 0.1) is 13.2 Å². The lowest BCUT2D eigenvalue weighted by atomic mass is 10.0. The maximum absolute atomic E-state index is 12.0. The van der Waals surface area contributed by atoms with Gasteiger partial charge in [-0.05, 0) is 12.5 Å². The second kappa shape index (κ2) is 6.06. The number of likely N-dealkylation sites (tertiary alicyclic amines) is 1. The number of carbonyl (C=O) groups excluding carboxylic acids is 1. The molecular weight excluding hydrogens is 242 g/mol. The van der Waals surface area contributed by atoms with E-state index in [2.05, 4.69) is 6.92 Å². The van der Waals surface area contributed by atoms with Crippen molar-refractivity contribution in [3.8, 4) is 5.75 Å². The first-order chi connectivity index (χ1) is 9.19. The molecule has 1 N–H and O–H groups in total. The number of amides is 1. The maximum atomic E-state index is 12.0. The van der Waals surface area contributed by atoms with Gasteiger partial charge in [-0.1, -0.05) is 31.5 Å². The molecule has 1 aliphatic heterocycles. The first-order valence-electron chi connectivity index (χ1n) is 6.80. The van der Waals surface area contributed by atoms with E-state index in [1.54, 1.807) is 12.0 Å². The number of hydrogen-bond acceptors (Lipinski definition) is 3. The molecule has 0 radical (unpaired) electrons. The maximum Gasteiger partial charge on any atom is 0.252 e. The first kappa shape index (κ1) is 13.9. The second-order valence-electron chi connectivity index (χ2n) is 4.89. The first-order valence-corrected chi connectivity index (χ1v) is 6.80. The molecule has 0 bridgehead atoms. The minimum atomic E-state index is -0.883. The van der Waals surface area contributed by atoms with E-state index in [-0.39, 0.29) is 11.9 Å². The van der Waals surface area contributed by atoms with Gasteiger partial charge in [0.25, 0.3) is 5.91 Å². The quantitative estimate of drug-likeness (QED) is 0.885. The zero-order valence-corrected chi connectivity index (χ0v) is 11.5. The van der Waals surface area contributed by atoms with Gasteiger partial charge in [0.2, 0.25) is 0 Å². The fraction of sp³-hybridized carbons (Fsp3) is 0.533. The number of methoxy groups -OCH3 is 1. The molecule has 4 heteroatoms. The summed E-state index contributed by atoms with van der Waals surface area (Å²) in [6, 6.07) is 7.62. The molecule has 2 atom stereocenters. The Bertz CT molecular complexity index is 447. The lowest BCUT2D eigenvalue weighted by Gasteiger charge is -2.25. The molecule has 104 valence electrons. The van der Waals surface area contributed by atoms with Crippen LogP contribution in [0.25, 0.3) is 0 Å². The van der Waals surface area contributed by atoms with E-state index >= 15 is 0 Å². The van der Waals surface area contributed by atoms with E-state index in [9.17, 15) is 9.90 Å². The summed E-state index contributed by atoms with van der Waals surface area (Å²) in [7, 11) is 1.63. The minimum absolute atomic E-state index is 0.0785. The Morgan fingerprint density at radius 1 is 1.42 bits per heavy atom. The third-order valence-electron chi connectivity index (χ3n) is 3.64. The van der Waals surface area contributed by atoms with Gasteiger partial charge in [-0.2, -0.15) is 0 Å². The van der Waals surface area contributed by atoms with Crippen molar-refractivity contribution in [2.75, 3.05) is 13.7 Å². The number of para-hydroxylation sites is 1. The molecule has 1 aromatic carbocycles. The van der Waals surface area contributed by atoms with E-state index in [1.807, 2.05) is 24.3 Å². The SMILES string of the molecule is CCCCN1C(=O)C(O)CC1c1ccccc1OC. The van der Waals surface area contributed by atoms with Crippen molar-refractivity contribution in [3.05, 3.63) is 29.8 Å². The highest BCUT2D eigenvalue weighted by molar-refractivity contribution is 5.83. The molecule has 0 saturated carbocycles. The number of unbranched alkanes of at least 4 members (excludes halogenated alkanes) is 1. The number of nitrogens with zero attached hydrogens (tertiary/aromatic N) is 1. The molecule has 1 amide bonds. The fourth-order valence-electron chi connectivity index (χ4n) is 2.62. The van der Waals surface area contributed by atoms with Crippen molar-refractivity contribution >= 4 is 5.91 Å². The van der Waals surface area contributed by atoms with Crippen molar-refractivity contribution in [3.63, 3.8) is 0 Å².